The fraction of sp³-hybridized carbons (Fsp3) is 0.538. The van der Waals surface area contributed by atoms with E-state index in [0.29, 0.717) is 12.2 Å². The van der Waals surface area contributed by atoms with E-state index in [4.69, 9.17) is 9.47 Å². The van der Waals surface area contributed by atoms with Gasteiger partial charge in [0.05, 0.1) is 20.3 Å². The summed E-state index contributed by atoms with van der Waals surface area (Å²) < 4.78 is 37.2. The molecule has 2 N–H and O–H groups in total. The number of sulfonamides is 1. The lowest BCUT2D eigenvalue weighted by Gasteiger charge is -2.17. The number of nitrogens with one attached hydrogen (secondary N) is 1. The number of ether oxygens (including phenoxy) is 2. The Bertz CT molecular complexity index is 542. The van der Waals surface area contributed by atoms with Crippen LogP contribution in [0.15, 0.2) is 23.1 Å². The van der Waals surface area contributed by atoms with Gasteiger partial charge in [-0.25, -0.2) is 13.1 Å². The van der Waals surface area contributed by atoms with Gasteiger partial charge in [0.1, 0.15) is 16.4 Å². The molecule has 0 saturated carbocycles. The SMILES string of the molecule is COc1ccc(S(=O)(=O)NC(C)CC(C)O)c(OC)c1. The van der Waals surface area contributed by atoms with E-state index in [1.807, 2.05) is 0 Å². The Hall–Kier alpha value is -1.31. The third kappa shape index (κ3) is 4.36. The van der Waals surface area contributed by atoms with Crippen molar-refractivity contribution in [2.75, 3.05) is 14.2 Å². The van der Waals surface area contributed by atoms with Crippen molar-refractivity contribution < 1.29 is 23.0 Å². The molecule has 0 heterocycles. The van der Waals surface area contributed by atoms with Crippen LogP contribution < -0.4 is 14.2 Å². The highest BCUT2D eigenvalue weighted by Gasteiger charge is 2.22. The van der Waals surface area contributed by atoms with Gasteiger partial charge in [-0.15, -0.1) is 0 Å². The van der Waals surface area contributed by atoms with Crippen molar-refractivity contribution in [1.82, 2.24) is 4.72 Å². The average Bonchev–Trinajstić information content (AvgIpc) is 2.36. The van der Waals surface area contributed by atoms with Crippen LogP contribution in [0.25, 0.3) is 0 Å². The lowest BCUT2D eigenvalue weighted by molar-refractivity contribution is 0.175. The summed E-state index contributed by atoms with van der Waals surface area (Å²) in [6, 6.07) is 4.10. The van der Waals surface area contributed by atoms with E-state index in [2.05, 4.69) is 4.72 Å². The summed E-state index contributed by atoms with van der Waals surface area (Å²) in [5.41, 5.74) is 0. The molecule has 0 aliphatic rings. The highest BCUT2D eigenvalue weighted by atomic mass is 32.2. The van der Waals surface area contributed by atoms with Crippen molar-refractivity contribution in [2.45, 2.75) is 37.3 Å². The first-order chi connectivity index (χ1) is 9.30. The molecule has 0 saturated heterocycles. The summed E-state index contributed by atoms with van der Waals surface area (Å²) in [4.78, 5) is 0.0400. The predicted octanol–water partition coefficient (Wildman–Crippen LogP) is 1.14. The number of methoxy groups -OCH3 is 2. The number of aliphatic hydroxyl groups excluding tert-OH is 1. The molecular formula is C13H21NO5S. The minimum Gasteiger partial charge on any atom is -0.497 e. The normalized spacial score (nSPS) is 14.7. The topological polar surface area (TPSA) is 84.9 Å². The Labute approximate surface area is 119 Å². The fourth-order valence-corrected chi connectivity index (χ4v) is 3.29. The maximum Gasteiger partial charge on any atom is 0.244 e. The van der Waals surface area contributed by atoms with Gasteiger partial charge in [0.25, 0.3) is 0 Å². The van der Waals surface area contributed by atoms with Crippen LogP contribution in [0.2, 0.25) is 0 Å². The molecule has 0 bridgehead atoms. The van der Waals surface area contributed by atoms with Gasteiger partial charge in [0, 0.05) is 12.1 Å². The van der Waals surface area contributed by atoms with Gasteiger partial charge in [-0.05, 0) is 32.4 Å². The average molecular weight is 303 g/mol. The first-order valence-corrected chi connectivity index (χ1v) is 7.71. The molecule has 2 atom stereocenters. The maximum absolute atomic E-state index is 12.3. The van der Waals surface area contributed by atoms with Gasteiger partial charge in [0.15, 0.2) is 0 Å². The lowest BCUT2D eigenvalue weighted by Crippen LogP contribution is -2.34. The van der Waals surface area contributed by atoms with Gasteiger partial charge in [-0.2, -0.15) is 0 Å². The molecule has 1 aromatic carbocycles. The first kappa shape index (κ1) is 16.7. The second kappa shape index (κ2) is 6.92. The largest absolute Gasteiger partial charge is 0.497 e. The van der Waals surface area contributed by atoms with E-state index >= 15 is 0 Å². The zero-order valence-corrected chi connectivity index (χ0v) is 12.9. The van der Waals surface area contributed by atoms with E-state index < -0.39 is 16.1 Å². The summed E-state index contributed by atoms with van der Waals surface area (Å²) in [6.45, 7) is 3.30. The maximum atomic E-state index is 12.3. The van der Waals surface area contributed by atoms with Crippen molar-refractivity contribution in [3.8, 4) is 11.5 Å². The molecule has 7 heteroatoms. The van der Waals surface area contributed by atoms with E-state index in [9.17, 15) is 13.5 Å². The highest BCUT2D eigenvalue weighted by molar-refractivity contribution is 7.89. The quantitative estimate of drug-likeness (QED) is 0.789. The molecule has 0 amide bonds. The zero-order valence-electron chi connectivity index (χ0n) is 12.1. The molecule has 2 unspecified atom stereocenters. The van der Waals surface area contributed by atoms with Crippen LogP contribution in [0.3, 0.4) is 0 Å². The smallest absolute Gasteiger partial charge is 0.244 e. The zero-order chi connectivity index (χ0) is 15.3. The fourth-order valence-electron chi connectivity index (χ4n) is 1.89. The van der Waals surface area contributed by atoms with E-state index in [1.54, 1.807) is 19.9 Å². The number of rotatable bonds is 7. The standard InChI is InChI=1S/C13H21NO5S/c1-9(7-10(2)15)14-20(16,17)13-6-5-11(18-3)8-12(13)19-4/h5-6,8-10,14-15H,7H2,1-4H3. The third-order valence-electron chi connectivity index (χ3n) is 2.71. The molecule has 114 valence electrons. The number of hydrogen-bond acceptors (Lipinski definition) is 5. The summed E-state index contributed by atoms with van der Waals surface area (Å²) in [7, 11) is -0.827. The van der Waals surface area contributed by atoms with Crippen LogP contribution in [0, 0.1) is 0 Å². The van der Waals surface area contributed by atoms with E-state index in [0.717, 1.165) is 0 Å². The van der Waals surface area contributed by atoms with Crippen molar-refractivity contribution in [2.24, 2.45) is 0 Å². The minimum absolute atomic E-state index is 0.0400. The second-order valence-corrected chi connectivity index (χ2v) is 6.31. The Morgan fingerprint density at radius 2 is 1.90 bits per heavy atom. The second-order valence-electron chi connectivity index (χ2n) is 4.62. The Kier molecular flexibility index (Phi) is 5.79. The third-order valence-corrected chi connectivity index (χ3v) is 4.34. The van der Waals surface area contributed by atoms with Crippen molar-refractivity contribution in [1.29, 1.82) is 0 Å². The van der Waals surface area contributed by atoms with Crippen LogP contribution in [0.5, 0.6) is 11.5 Å². The Morgan fingerprint density at radius 3 is 2.40 bits per heavy atom. The highest BCUT2D eigenvalue weighted by Crippen LogP contribution is 2.28. The summed E-state index contributed by atoms with van der Waals surface area (Å²) in [5, 5.41) is 9.28. The van der Waals surface area contributed by atoms with Gasteiger partial charge in [0.2, 0.25) is 10.0 Å². The van der Waals surface area contributed by atoms with Crippen LogP contribution in [0.4, 0.5) is 0 Å². The van der Waals surface area contributed by atoms with Crippen molar-refractivity contribution in [3.05, 3.63) is 18.2 Å². The lowest BCUT2D eigenvalue weighted by atomic mass is 10.2. The monoisotopic (exact) mass is 303 g/mol. The Balaban J connectivity index is 3.03. The molecule has 1 aromatic rings. The molecule has 0 spiro atoms. The molecule has 0 aliphatic carbocycles. The summed E-state index contributed by atoms with van der Waals surface area (Å²) >= 11 is 0. The first-order valence-electron chi connectivity index (χ1n) is 6.22. The van der Waals surface area contributed by atoms with Crippen molar-refractivity contribution in [3.63, 3.8) is 0 Å². The molecule has 20 heavy (non-hydrogen) atoms. The van der Waals surface area contributed by atoms with Crippen LogP contribution in [-0.4, -0.2) is 39.9 Å². The van der Waals surface area contributed by atoms with E-state index in [1.165, 1.54) is 26.4 Å². The molecule has 0 radical (unpaired) electrons. The van der Waals surface area contributed by atoms with Gasteiger partial charge >= 0.3 is 0 Å². The Morgan fingerprint density at radius 1 is 1.25 bits per heavy atom. The number of benzene rings is 1. The molecular weight excluding hydrogens is 282 g/mol. The van der Waals surface area contributed by atoms with Gasteiger partial charge < -0.3 is 14.6 Å². The van der Waals surface area contributed by atoms with E-state index in [-0.39, 0.29) is 16.7 Å². The summed E-state index contributed by atoms with van der Waals surface area (Å²) in [5.74, 6) is 0.721. The molecule has 0 aromatic heterocycles. The van der Waals surface area contributed by atoms with Crippen molar-refractivity contribution >= 4 is 10.0 Å². The van der Waals surface area contributed by atoms with Crippen LogP contribution in [-0.2, 0) is 10.0 Å². The van der Waals surface area contributed by atoms with Crippen LogP contribution >= 0.6 is 0 Å². The predicted molar refractivity (Wildman–Crippen MR) is 75.6 cm³/mol. The van der Waals surface area contributed by atoms with Gasteiger partial charge in [-0.1, -0.05) is 0 Å². The van der Waals surface area contributed by atoms with Crippen LogP contribution in [0.1, 0.15) is 20.3 Å². The van der Waals surface area contributed by atoms with Gasteiger partial charge in [-0.3, -0.25) is 0 Å². The number of hydrogen-bond donors (Lipinski definition) is 2. The molecule has 6 nitrogen and oxygen atoms in total. The minimum atomic E-state index is -3.71. The summed E-state index contributed by atoms with van der Waals surface area (Å²) in [6.07, 6.45) is -0.247. The molecule has 0 aliphatic heterocycles. The molecule has 0 fully saturated rings. The number of aliphatic hydroxyl groups is 1. The molecule has 1 rings (SSSR count).